The molecule has 1 N–H and O–H groups in total. The molecule has 2 rings (SSSR count). The van der Waals surface area contributed by atoms with Crippen LogP contribution in [0.1, 0.15) is 24.3 Å². The molecule has 0 spiro atoms. The van der Waals surface area contributed by atoms with Crippen molar-refractivity contribution >= 4 is 22.9 Å². The van der Waals surface area contributed by atoms with Gasteiger partial charge < -0.3 is 10.2 Å². The number of piperidine rings is 1. The van der Waals surface area contributed by atoms with Gasteiger partial charge in [-0.15, -0.1) is 11.3 Å². The molecule has 0 radical (unpaired) electrons. The van der Waals surface area contributed by atoms with Gasteiger partial charge >= 0.3 is 0 Å². The molecule has 0 aromatic carbocycles. The molecule has 1 aliphatic heterocycles. The molecule has 1 aromatic rings. The molecule has 0 amide bonds. The highest BCUT2D eigenvalue weighted by molar-refractivity contribution is 7.15. The molecule has 5 heteroatoms. The zero-order valence-electron chi connectivity index (χ0n) is 9.41. The van der Waals surface area contributed by atoms with Crippen LogP contribution in [-0.2, 0) is 6.54 Å². The molecule has 0 atom stereocenters. The van der Waals surface area contributed by atoms with Crippen molar-refractivity contribution in [2.45, 2.75) is 25.8 Å². The quantitative estimate of drug-likeness (QED) is 0.823. The highest BCUT2D eigenvalue weighted by atomic mass is 35.5. The van der Waals surface area contributed by atoms with Crippen molar-refractivity contribution in [2.24, 2.45) is 0 Å². The Bertz CT molecular complexity index is 310. The van der Waals surface area contributed by atoms with Crippen molar-refractivity contribution in [3.63, 3.8) is 0 Å². The van der Waals surface area contributed by atoms with Crippen LogP contribution in [0.4, 0.5) is 0 Å². The van der Waals surface area contributed by atoms with E-state index in [0.717, 1.165) is 29.0 Å². The van der Waals surface area contributed by atoms with Gasteiger partial charge in [0, 0.05) is 19.6 Å². The van der Waals surface area contributed by atoms with Crippen LogP contribution in [0.3, 0.4) is 0 Å². The first-order valence-electron chi connectivity index (χ1n) is 5.88. The van der Waals surface area contributed by atoms with Gasteiger partial charge in [0.25, 0.3) is 0 Å². The summed E-state index contributed by atoms with van der Waals surface area (Å²) in [6.45, 7) is 5.57. The van der Waals surface area contributed by atoms with E-state index in [9.17, 15) is 0 Å². The summed E-state index contributed by atoms with van der Waals surface area (Å²) in [4.78, 5) is 6.74. The molecule has 1 aromatic heterocycles. The van der Waals surface area contributed by atoms with E-state index in [0.29, 0.717) is 0 Å². The fraction of sp³-hybridized carbons (Fsp3) is 0.727. The first-order chi connectivity index (χ1) is 7.84. The lowest BCUT2D eigenvalue weighted by atomic mass is 10.1. The first-order valence-corrected chi connectivity index (χ1v) is 7.07. The largest absolute Gasteiger partial charge is 0.309 e. The van der Waals surface area contributed by atoms with Crippen LogP contribution in [0.15, 0.2) is 6.20 Å². The molecule has 2 heterocycles. The summed E-state index contributed by atoms with van der Waals surface area (Å²) in [5.41, 5.74) is 0. The normalized spacial score (nSPS) is 17.8. The van der Waals surface area contributed by atoms with Crippen LogP contribution in [0, 0.1) is 0 Å². The third-order valence-electron chi connectivity index (χ3n) is 2.86. The van der Waals surface area contributed by atoms with Crippen molar-refractivity contribution in [3.05, 3.63) is 15.5 Å². The molecule has 16 heavy (non-hydrogen) atoms. The van der Waals surface area contributed by atoms with Gasteiger partial charge in [-0.2, -0.15) is 0 Å². The topological polar surface area (TPSA) is 28.2 Å². The Morgan fingerprint density at radius 2 is 2.19 bits per heavy atom. The number of thiazole rings is 1. The average Bonchev–Trinajstić information content (AvgIpc) is 2.72. The van der Waals surface area contributed by atoms with Gasteiger partial charge in [0.15, 0.2) is 0 Å². The number of aromatic nitrogens is 1. The van der Waals surface area contributed by atoms with Crippen molar-refractivity contribution in [2.75, 3.05) is 26.2 Å². The van der Waals surface area contributed by atoms with E-state index in [2.05, 4.69) is 15.2 Å². The zero-order valence-corrected chi connectivity index (χ0v) is 11.0. The summed E-state index contributed by atoms with van der Waals surface area (Å²) in [7, 11) is 0. The second-order valence-corrected chi connectivity index (χ2v) is 5.88. The van der Waals surface area contributed by atoms with Gasteiger partial charge in [-0.1, -0.05) is 18.0 Å². The maximum Gasteiger partial charge on any atom is 0.113 e. The van der Waals surface area contributed by atoms with Crippen molar-refractivity contribution in [3.8, 4) is 0 Å². The second-order valence-electron chi connectivity index (χ2n) is 4.14. The monoisotopic (exact) mass is 259 g/mol. The molecular weight excluding hydrogens is 242 g/mol. The second kappa shape index (κ2) is 6.55. The Morgan fingerprint density at radius 1 is 1.38 bits per heavy atom. The minimum atomic E-state index is 0.771. The van der Waals surface area contributed by atoms with Gasteiger partial charge in [-0.25, -0.2) is 4.98 Å². The van der Waals surface area contributed by atoms with Crippen LogP contribution in [-0.4, -0.2) is 36.1 Å². The lowest BCUT2D eigenvalue weighted by molar-refractivity contribution is 0.229. The number of rotatable bonds is 5. The highest BCUT2D eigenvalue weighted by Crippen LogP contribution is 2.17. The van der Waals surface area contributed by atoms with Gasteiger partial charge in [0.05, 0.1) is 6.20 Å². The molecule has 1 fully saturated rings. The van der Waals surface area contributed by atoms with Crippen LogP contribution >= 0.6 is 22.9 Å². The molecule has 3 nitrogen and oxygen atoms in total. The number of hydrogen-bond acceptors (Lipinski definition) is 4. The lowest BCUT2D eigenvalue weighted by Gasteiger charge is -2.26. The number of hydrogen-bond donors (Lipinski definition) is 1. The number of likely N-dealkylation sites (tertiary alicyclic amines) is 1. The maximum atomic E-state index is 5.81. The number of nitrogens with zero attached hydrogens (tertiary/aromatic N) is 2. The Hall–Kier alpha value is -0.160. The molecule has 1 aliphatic rings. The third kappa shape index (κ3) is 4.01. The molecule has 1 saturated heterocycles. The molecule has 0 aliphatic carbocycles. The standard InChI is InChI=1S/C11H18ClN3S/c12-10-8-14-11(16-10)9-13-4-7-15-5-2-1-3-6-15/h8,13H,1-7,9H2. The van der Waals surface area contributed by atoms with Crippen LogP contribution in [0.2, 0.25) is 4.34 Å². The molecule has 0 unspecified atom stereocenters. The number of nitrogens with one attached hydrogen (secondary N) is 1. The van der Waals surface area contributed by atoms with Crippen molar-refractivity contribution in [1.82, 2.24) is 15.2 Å². The van der Waals surface area contributed by atoms with E-state index >= 15 is 0 Å². The third-order valence-corrected chi connectivity index (χ3v) is 3.97. The fourth-order valence-corrected chi connectivity index (χ4v) is 2.91. The van der Waals surface area contributed by atoms with Gasteiger partial charge in [0.2, 0.25) is 0 Å². The molecular formula is C11H18ClN3S. The smallest absolute Gasteiger partial charge is 0.113 e. The Kier molecular flexibility index (Phi) is 5.03. The summed E-state index contributed by atoms with van der Waals surface area (Å²) in [5.74, 6) is 0. The predicted molar refractivity (Wildman–Crippen MR) is 69.1 cm³/mol. The van der Waals surface area contributed by atoms with Gasteiger partial charge in [-0.3, -0.25) is 0 Å². The molecule has 90 valence electrons. The van der Waals surface area contributed by atoms with Gasteiger partial charge in [0.1, 0.15) is 9.34 Å². The van der Waals surface area contributed by atoms with Crippen LogP contribution < -0.4 is 5.32 Å². The Labute approximate surface area is 106 Å². The zero-order chi connectivity index (χ0) is 11.2. The van der Waals surface area contributed by atoms with E-state index in [1.807, 2.05) is 0 Å². The highest BCUT2D eigenvalue weighted by Gasteiger charge is 2.08. The maximum absolute atomic E-state index is 5.81. The van der Waals surface area contributed by atoms with E-state index in [4.69, 9.17) is 11.6 Å². The predicted octanol–water partition coefficient (Wildman–Crippen LogP) is 2.37. The summed E-state index contributed by atoms with van der Waals surface area (Å²) in [5, 5.41) is 4.48. The summed E-state index contributed by atoms with van der Waals surface area (Å²) in [6.07, 6.45) is 5.85. The van der Waals surface area contributed by atoms with E-state index < -0.39 is 0 Å². The first kappa shape index (κ1) is 12.3. The fourth-order valence-electron chi connectivity index (χ4n) is 1.99. The van der Waals surface area contributed by atoms with E-state index in [-0.39, 0.29) is 0 Å². The minimum absolute atomic E-state index is 0.771. The molecule has 0 saturated carbocycles. The summed E-state index contributed by atoms with van der Waals surface area (Å²) >= 11 is 7.37. The SMILES string of the molecule is Clc1cnc(CNCCN2CCCCC2)s1. The van der Waals surface area contributed by atoms with Crippen molar-refractivity contribution < 1.29 is 0 Å². The number of halogens is 1. The Balaban J connectivity index is 1.57. The van der Waals surface area contributed by atoms with Crippen molar-refractivity contribution in [1.29, 1.82) is 0 Å². The molecule has 0 bridgehead atoms. The summed E-state index contributed by atoms with van der Waals surface area (Å²) < 4.78 is 0.771. The van der Waals surface area contributed by atoms with Crippen LogP contribution in [0.5, 0.6) is 0 Å². The van der Waals surface area contributed by atoms with E-state index in [1.165, 1.54) is 32.4 Å². The minimum Gasteiger partial charge on any atom is -0.309 e. The van der Waals surface area contributed by atoms with E-state index in [1.54, 1.807) is 17.5 Å². The lowest BCUT2D eigenvalue weighted by Crippen LogP contribution is -2.35. The summed E-state index contributed by atoms with van der Waals surface area (Å²) in [6, 6.07) is 0. The Morgan fingerprint density at radius 3 is 2.88 bits per heavy atom. The average molecular weight is 260 g/mol. The van der Waals surface area contributed by atoms with Gasteiger partial charge in [-0.05, 0) is 25.9 Å². The van der Waals surface area contributed by atoms with Crippen LogP contribution in [0.25, 0.3) is 0 Å².